The minimum atomic E-state index is -3.88. The van der Waals surface area contributed by atoms with Crippen LogP contribution in [0.2, 0.25) is 0 Å². The van der Waals surface area contributed by atoms with Crippen LogP contribution < -0.4 is 5.32 Å². The second-order valence-corrected chi connectivity index (χ2v) is 9.11. The number of amides is 1. The minimum absolute atomic E-state index is 0.0648. The SMILES string of the molecule is CC(C)(C)C(=O)NC1CCN(S(=O)(=O)c2ccccc2C(=O)O)CC1. The number of carbonyl (C=O) groups is 2. The van der Waals surface area contributed by atoms with Crippen molar-refractivity contribution in [3.8, 4) is 0 Å². The maximum Gasteiger partial charge on any atom is 0.337 e. The number of nitrogens with one attached hydrogen (secondary N) is 1. The summed E-state index contributed by atoms with van der Waals surface area (Å²) in [6.45, 7) is 5.96. The molecule has 0 bridgehead atoms. The molecule has 8 heteroatoms. The van der Waals surface area contributed by atoms with Gasteiger partial charge in [-0.15, -0.1) is 0 Å². The fourth-order valence-electron chi connectivity index (χ4n) is 2.65. The number of nitrogens with zero attached hydrogens (tertiary/aromatic N) is 1. The van der Waals surface area contributed by atoms with Crippen molar-refractivity contribution in [3.63, 3.8) is 0 Å². The van der Waals surface area contributed by atoms with Gasteiger partial charge in [0.2, 0.25) is 15.9 Å². The molecule has 1 amide bonds. The summed E-state index contributed by atoms with van der Waals surface area (Å²) in [6.07, 6.45) is 0.993. The summed E-state index contributed by atoms with van der Waals surface area (Å²) >= 11 is 0. The van der Waals surface area contributed by atoms with Gasteiger partial charge in [0.15, 0.2) is 0 Å². The van der Waals surface area contributed by atoms with Crippen LogP contribution in [0.5, 0.6) is 0 Å². The third-order valence-electron chi connectivity index (χ3n) is 4.21. The zero-order valence-electron chi connectivity index (χ0n) is 14.7. The van der Waals surface area contributed by atoms with Gasteiger partial charge in [0.1, 0.15) is 0 Å². The van der Waals surface area contributed by atoms with Gasteiger partial charge in [-0.1, -0.05) is 32.9 Å². The summed E-state index contributed by atoms with van der Waals surface area (Å²) in [7, 11) is -3.88. The Kier molecular flexibility index (Phi) is 5.53. The average molecular weight is 368 g/mol. The lowest BCUT2D eigenvalue weighted by Gasteiger charge is -2.33. The van der Waals surface area contributed by atoms with Crippen molar-refractivity contribution in [1.29, 1.82) is 0 Å². The molecule has 0 unspecified atom stereocenters. The zero-order valence-corrected chi connectivity index (χ0v) is 15.5. The van der Waals surface area contributed by atoms with Gasteiger partial charge < -0.3 is 10.4 Å². The molecule has 1 aromatic carbocycles. The summed E-state index contributed by atoms with van der Waals surface area (Å²) in [6, 6.07) is 5.53. The van der Waals surface area contributed by atoms with E-state index in [1.54, 1.807) is 0 Å². The number of carbonyl (C=O) groups excluding carboxylic acids is 1. The molecule has 0 aliphatic carbocycles. The van der Waals surface area contributed by atoms with Gasteiger partial charge in [-0.25, -0.2) is 13.2 Å². The van der Waals surface area contributed by atoms with Crippen molar-refractivity contribution >= 4 is 21.9 Å². The van der Waals surface area contributed by atoms with E-state index in [0.29, 0.717) is 12.8 Å². The second kappa shape index (κ2) is 7.13. The van der Waals surface area contributed by atoms with E-state index < -0.39 is 21.4 Å². The highest BCUT2D eigenvalue weighted by Gasteiger charge is 2.33. The number of benzene rings is 1. The summed E-state index contributed by atoms with van der Waals surface area (Å²) in [5.74, 6) is -1.34. The zero-order chi connectivity index (χ0) is 18.8. The predicted octanol–water partition coefficient (Wildman–Crippen LogP) is 1.70. The summed E-state index contributed by atoms with van der Waals surface area (Å²) in [5.41, 5.74) is -0.727. The molecule has 25 heavy (non-hydrogen) atoms. The summed E-state index contributed by atoms with van der Waals surface area (Å²) < 4.78 is 26.8. The molecule has 2 N–H and O–H groups in total. The molecule has 0 atom stereocenters. The largest absolute Gasteiger partial charge is 0.478 e. The summed E-state index contributed by atoms with van der Waals surface area (Å²) in [4.78, 5) is 23.1. The van der Waals surface area contributed by atoms with E-state index in [1.807, 2.05) is 20.8 Å². The molecule has 7 nitrogen and oxygen atoms in total. The Balaban J connectivity index is 2.10. The molecular weight excluding hydrogens is 344 g/mol. The van der Waals surface area contributed by atoms with Crippen molar-refractivity contribution in [1.82, 2.24) is 9.62 Å². The number of hydrogen-bond donors (Lipinski definition) is 2. The Labute approximate surface area is 148 Å². The van der Waals surface area contributed by atoms with Gasteiger partial charge in [-0.2, -0.15) is 4.31 Å². The van der Waals surface area contributed by atoms with Crippen LogP contribution in [-0.2, 0) is 14.8 Å². The highest BCUT2D eigenvalue weighted by molar-refractivity contribution is 7.89. The van der Waals surface area contributed by atoms with Crippen LogP contribution in [-0.4, -0.2) is 48.8 Å². The third kappa shape index (κ3) is 4.38. The fraction of sp³-hybridized carbons (Fsp3) is 0.529. The molecule has 0 aromatic heterocycles. The Morgan fingerprint density at radius 2 is 1.72 bits per heavy atom. The quantitative estimate of drug-likeness (QED) is 0.842. The van der Waals surface area contributed by atoms with Gasteiger partial charge in [-0.05, 0) is 25.0 Å². The number of carboxylic acid groups (broad SMARTS) is 1. The maximum absolute atomic E-state index is 12.8. The van der Waals surface area contributed by atoms with Crippen LogP contribution in [0.15, 0.2) is 29.2 Å². The lowest BCUT2D eigenvalue weighted by Crippen LogP contribution is -2.49. The van der Waals surface area contributed by atoms with Crippen molar-refractivity contribution in [2.75, 3.05) is 13.1 Å². The molecule has 1 aliphatic heterocycles. The van der Waals surface area contributed by atoms with Gasteiger partial charge >= 0.3 is 5.97 Å². The monoisotopic (exact) mass is 368 g/mol. The first-order chi connectivity index (χ1) is 11.5. The number of rotatable bonds is 4. The van der Waals surface area contributed by atoms with Crippen LogP contribution in [0.4, 0.5) is 0 Å². The van der Waals surface area contributed by atoms with Crippen LogP contribution >= 0.6 is 0 Å². The standard InChI is InChI=1S/C17H24N2O5S/c1-17(2,3)16(22)18-12-8-10-19(11-9-12)25(23,24)14-7-5-4-6-13(14)15(20)21/h4-7,12H,8-11H2,1-3H3,(H,18,22)(H,20,21). The van der Waals surface area contributed by atoms with Crippen molar-refractivity contribution < 1.29 is 23.1 Å². The Hall–Kier alpha value is -1.93. The van der Waals surface area contributed by atoms with Gasteiger partial charge in [0.05, 0.1) is 10.5 Å². The van der Waals surface area contributed by atoms with E-state index >= 15 is 0 Å². The van der Waals surface area contributed by atoms with E-state index in [9.17, 15) is 23.1 Å². The third-order valence-corrected chi connectivity index (χ3v) is 6.16. The topological polar surface area (TPSA) is 104 Å². The Morgan fingerprint density at radius 3 is 2.24 bits per heavy atom. The fourth-order valence-corrected chi connectivity index (χ4v) is 4.30. The first-order valence-electron chi connectivity index (χ1n) is 8.17. The van der Waals surface area contributed by atoms with Gasteiger partial charge in [0.25, 0.3) is 0 Å². The Bertz CT molecular complexity index is 759. The lowest BCUT2D eigenvalue weighted by molar-refractivity contribution is -0.129. The number of carboxylic acids is 1. The van der Waals surface area contributed by atoms with Crippen LogP contribution in [0.25, 0.3) is 0 Å². The van der Waals surface area contributed by atoms with E-state index in [4.69, 9.17) is 0 Å². The van der Waals surface area contributed by atoms with Crippen LogP contribution in [0.3, 0.4) is 0 Å². The van der Waals surface area contributed by atoms with Gasteiger partial charge in [-0.3, -0.25) is 4.79 Å². The molecule has 0 radical (unpaired) electrons. The van der Waals surface area contributed by atoms with Crippen molar-refractivity contribution in [2.24, 2.45) is 5.41 Å². The molecule has 0 saturated carbocycles. The van der Waals surface area contributed by atoms with Crippen LogP contribution in [0, 0.1) is 5.41 Å². The second-order valence-electron chi connectivity index (χ2n) is 7.20. The molecule has 1 saturated heterocycles. The van der Waals surface area contributed by atoms with Crippen molar-refractivity contribution in [3.05, 3.63) is 29.8 Å². The molecule has 0 spiro atoms. The number of aromatic carboxylic acids is 1. The molecular formula is C17H24N2O5S. The van der Waals surface area contributed by atoms with E-state index in [2.05, 4.69) is 5.32 Å². The van der Waals surface area contributed by atoms with Crippen molar-refractivity contribution in [2.45, 2.75) is 44.6 Å². The normalized spacial score (nSPS) is 17.2. The van der Waals surface area contributed by atoms with E-state index in [0.717, 1.165) is 0 Å². The highest BCUT2D eigenvalue weighted by Crippen LogP contribution is 2.24. The molecule has 1 fully saturated rings. The molecule has 138 valence electrons. The maximum atomic E-state index is 12.8. The number of sulfonamides is 1. The van der Waals surface area contributed by atoms with E-state index in [-0.39, 0.29) is 35.5 Å². The van der Waals surface area contributed by atoms with Crippen LogP contribution in [0.1, 0.15) is 44.0 Å². The number of piperidine rings is 1. The molecule has 1 aliphatic rings. The molecule has 1 aromatic rings. The summed E-state index contributed by atoms with van der Waals surface area (Å²) in [5, 5.41) is 12.2. The predicted molar refractivity (Wildman–Crippen MR) is 92.8 cm³/mol. The first-order valence-corrected chi connectivity index (χ1v) is 9.61. The van der Waals surface area contributed by atoms with E-state index in [1.165, 1.54) is 28.6 Å². The number of hydrogen-bond acceptors (Lipinski definition) is 4. The smallest absolute Gasteiger partial charge is 0.337 e. The minimum Gasteiger partial charge on any atom is -0.478 e. The van der Waals surface area contributed by atoms with Gasteiger partial charge in [0, 0.05) is 24.5 Å². The lowest BCUT2D eigenvalue weighted by atomic mass is 9.94. The molecule has 1 heterocycles. The average Bonchev–Trinajstić information content (AvgIpc) is 2.54. The Morgan fingerprint density at radius 1 is 1.16 bits per heavy atom. The highest BCUT2D eigenvalue weighted by atomic mass is 32.2. The molecule has 2 rings (SSSR count). The first kappa shape index (κ1) is 19.4.